The Hall–Kier alpha value is -0.870. The van der Waals surface area contributed by atoms with Crippen LogP contribution in [0.1, 0.15) is 24.5 Å². The topological polar surface area (TPSA) is 49.9 Å². The van der Waals surface area contributed by atoms with Crippen LogP contribution in [0.4, 0.5) is 0 Å². The first-order valence-electron chi connectivity index (χ1n) is 4.75. The summed E-state index contributed by atoms with van der Waals surface area (Å²) in [6, 6.07) is 0.244. The minimum Gasteiger partial charge on any atom is -0.378 e. The second kappa shape index (κ2) is 3.89. The number of morpholine rings is 1. The Balaban J connectivity index is 2.05. The van der Waals surface area contributed by atoms with Gasteiger partial charge in [-0.2, -0.15) is 0 Å². The normalized spacial score (nSPS) is 23.3. The smallest absolute Gasteiger partial charge is 0.125 e. The van der Waals surface area contributed by atoms with Gasteiger partial charge in [0.1, 0.15) is 5.82 Å². The minimum absolute atomic E-state index is 0.244. The van der Waals surface area contributed by atoms with Gasteiger partial charge >= 0.3 is 0 Å². The van der Waals surface area contributed by atoms with Crippen molar-refractivity contribution in [2.75, 3.05) is 19.8 Å². The Bertz CT molecular complexity index is 266. The molecule has 1 fully saturated rings. The van der Waals surface area contributed by atoms with Gasteiger partial charge in [0, 0.05) is 18.4 Å². The minimum atomic E-state index is 0.244. The molecule has 1 aromatic heterocycles. The second-order valence-electron chi connectivity index (χ2n) is 3.23. The zero-order chi connectivity index (χ0) is 9.10. The number of hydrogen-bond donors (Lipinski definition) is 2. The van der Waals surface area contributed by atoms with Gasteiger partial charge in [-0.1, -0.05) is 6.92 Å². The number of nitrogens with one attached hydrogen (secondary N) is 2. The molecule has 1 aliphatic rings. The molecule has 2 N–H and O–H groups in total. The van der Waals surface area contributed by atoms with Gasteiger partial charge in [-0.15, -0.1) is 0 Å². The van der Waals surface area contributed by atoms with E-state index in [9.17, 15) is 0 Å². The van der Waals surface area contributed by atoms with Crippen molar-refractivity contribution in [2.24, 2.45) is 0 Å². The van der Waals surface area contributed by atoms with E-state index < -0.39 is 0 Å². The molecular weight excluding hydrogens is 166 g/mol. The number of H-pyrrole nitrogens is 1. The van der Waals surface area contributed by atoms with Crippen LogP contribution >= 0.6 is 0 Å². The number of aromatic nitrogens is 2. The monoisotopic (exact) mass is 181 g/mol. The molecule has 2 heterocycles. The maximum Gasteiger partial charge on any atom is 0.125 e. The third kappa shape index (κ3) is 1.89. The molecule has 72 valence electrons. The molecule has 1 saturated heterocycles. The number of ether oxygens (including phenoxy) is 1. The van der Waals surface area contributed by atoms with E-state index in [-0.39, 0.29) is 6.04 Å². The number of nitrogens with zero attached hydrogens (tertiary/aromatic N) is 1. The average molecular weight is 181 g/mol. The molecule has 1 unspecified atom stereocenters. The number of hydrogen-bond acceptors (Lipinski definition) is 3. The average Bonchev–Trinajstić information content (AvgIpc) is 2.67. The highest BCUT2D eigenvalue weighted by Crippen LogP contribution is 2.12. The molecule has 1 aromatic rings. The van der Waals surface area contributed by atoms with Gasteiger partial charge in [0.2, 0.25) is 0 Å². The van der Waals surface area contributed by atoms with E-state index in [0.29, 0.717) is 0 Å². The number of rotatable bonds is 2. The van der Waals surface area contributed by atoms with Crippen molar-refractivity contribution in [2.45, 2.75) is 19.4 Å². The van der Waals surface area contributed by atoms with Crippen LogP contribution in [-0.2, 0) is 11.2 Å². The molecule has 1 aliphatic heterocycles. The van der Waals surface area contributed by atoms with Gasteiger partial charge in [-0.3, -0.25) is 0 Å². The van der Waals surface area contributed by atoms with Crippen molar-refractivity contribution >= 4 is 0 Å². The lowest BCUT2D eigenvalue weighted by Crippen LogP contribution is -2.35. The van der Waals surface area contributed by atoms with E-state index in [0.717, 1.165) is 32.0 Å². The summed E-state index contributed by atoms with van der Waals surface area (Å²) in [5.41, 5.74) is 1.18. The quantitative estimate of drug-likeness (QED) is 0.703. The van der Waals surface area contributed by atoms with E-state index in [1.807, 2.05) is 6.20 Å². The molecule has 13 heavy (non-hydrogen) atoms. The summed E-state index contributed by atoms with van der Waals surface area (Å²) in [5, 5.41) is 3.35. The fourth-order valence-electron chi connectivity index (χ4n) is 1.47. The first kappa shape index (κ1) is 8.72. The molecule has 4 nitrogen and oxygen atoms in total. The fourth-order valence-corrected chi connectivity index (χ4v) is 1.47. The first-order chi connectivity index (χ1) is 6.40. The Kier molecular flexibility index (Phi) is 2.61. The number of aryl methyl sites for hydroxylation is 1. The summed E-state index contributed by atoms with van der Waals surface area (Å²) >= 11 is 0. The highest BCUT2D eigenvalue weighted by molar-refractivity contribution is 5.05. The SMILES string of the molecule is CCc1cnc(C2COCCN2)[nH]1. The lowest BCUT2D eigenvalue weighted by Gasteiger charge is -2.21. The molecule has 0 bridgehead atoms. The lowest BCUT2D eigenvalue weighted by atomic mass is 10.2. The van der Waals surface area contributed by atoms with Crippen LogP contribution in [0, 0.1) is 0 Å². The van der Waals surface area contributed by atoms with Crippen LogP contribution in [0.25, 0.3) is 0 Å². The Morgan fingerprint density at radius 1 is 1.69 bits per heavy atom. The molecular formula is C9H15N3O. The fraction of sp³-hybridized carbons (Fsp3) is 0.667. The van der Waals surface area contributed by atoms with Crippen LogP contribution in [0.3, 0.4) is 0 Å². The lowest BCUT2D eigenvalue weighted by molar-refractivity contribution is 0.0744. The molecule has 0 aromatic carbocycles. The molecule has 4 heteroatoms. The van der Waals surface area contributed by atoms with Gasteiger partial charge in [0.05, 0.1) is 19.3 Å². The Morgan fingerprint density at radius 2 is 2.62 bits per heavy atom. The third-order valence-corrected chi connectivity index (χ3v) is 2.28. The largest absolute Gasteiger partial charge is 0.378 e. The van der Waals surface area contributed by atoms with Gasteiger partial charge in [-0.05, 0) is 6.42 Å². The summed E-state index contributed by atoms with van der Waals surface area (Å²) in [7, 11) is 0. The summed E-state index contributed by atoms with van der Waals surface area (Å²) in [5.74, 6) is 0.997. The van der Waals surface area contributed by atoms with E-state index in [1.54, 1.807) is 0 Å². The van der Waals surface area contributed by atoms with Crippen LogP contribution in [0.2, 0.25) is 0 Å². The predicted octanol–water partition coefficient (Wildman–Crippen LogP) is 0.633. The van der Waals surface area contributed by atoms with Crippen molar-refractivity contribution < 1.29 is 4.74 Å². The van der Waals surface area contributed by atoms with Crippen LogP contribution in [-0.4, -0.2) is 29.7 Å². The highest BCUT2D eigenvalue weighted by atomic mass is 16.5. The number of imidazole rings is 1. The maximum atomic E-state index is 5.36. The number of aromatic amines is 1. The summed E-state index contributed by atoms with van der Waals surface area (Å²) in [6.45, 7) is 4.55. The van der Waals surface area contributed by atoms with Crippen molar-refractivity contribution in [1.82, 2.24) is 15.3 Å². The molecule has 0 spiro atoms. The van der Waals surface area contributed by atoms with Gasteiger partial charge in [0.25, 0.3) is 0 Å². The predicted molar refractivity (Wildman–Crippen MR) is 49.5 cm³/mol. The third-order valence-electron chi connectivity index (χ3n) is 2.28. The Morgan fingerprint density at radius 3 is 3.23 bits per heavy atom. The van der Waals surface area contributed by atoms with Gasteiger partial charge in [-0.25, -0.2) is 4.98 Å². The van der Waals surface area contributed by atoms with Crippen molar-refractivity contribution in [3.8, 4) is 0 Å². The van der Waals surface area contributed by atoms with Crippen LogP contribution < -0.4 is 5.32 Å². The van der Waals surface area contributed by atoms with E-state index in [1.165, 1.54) is 5.69 Å². The summed E-state index contributed by atoms with van der Waals surface area (Å²) < 4.78 is 5.36. The zero-order valence-corrected chi connectivity index (χ0v) is 7.84. The molecule has 0 aliphatic carbocycles. The van der Waals surface area contributed by atoms with Crippen LogP contribution in [0.5, 0.6) is 0 Å². The zero-order valence-electron chi connectivity index (χ0n) is 7.84. The standard InChI is InChI=1S/C9H15N3O/c1-2-7-5-11-9(12-7)8-6-13-4-3-10-8/h5,8,10H,2-4,6H2,1H3,(H,11,12). The molecule has 0 amide bonds. The van der Waals surface area contributed by atoms with Gasteiger partial charge in [0.15, 0.2) is 0 Å². The molecule has 0 radical (unpaired) electrons. The molecule has 0 saturated carbocycles. The van der Waals surface area contributed by atoms with E-state index >= 15 is 0 Å². The second-order valence-corrected chi connectivity index (χ2v) is 3.23. The van der Waals surface area contributed by atoms with Crippen molar-refractivity contribution in [3.63, 3.8) is 0 Å². The van der Waals surface area contributed by atoms with Crippen molar-refractivity contribution in [1.29, 1.82) is 0 Å². The van der Waals surface area contributed by atoms with Gasteiger partial charge < -0.3 is 15.0 Å². The first-order valence-corrected chi connectivity index (χ1v) is 4.75. The summed E-state index contributed by atoms with van der Waals surface area (Å²) in [4.78, 5) is 7.59. The van der Waals surface area contributed by atoms with Crippen LogP contribution in [0.15, 0.2) is 6.20 Å². The van der Waals surface area contributed by atoms with Crippen molar-refractivity contribution in [3.05, 3.63) is 17.7 Å². The Labute approximate surface area is 77.7 Å². The maximum absolute atomic E-state index is 5.36. The molecule has 2 rings (SSSR count). The summed E-state index contributed by atoms with van der Waals surface area (Å²) in [6.07, 6.45) is 2.90. The highest BCUT2D eigenvalue weighted by Gasteiger charge is 2.17. The van der Waals surface area contributed by atoms with E-state index in [2.05, 4.69) is 22.2 Å². The molecule has 1 atom stereocenters. The van der Waals surface area contributed by atoms with E-state index in [4.69, 9.17) is 4.74 Å².